The zero-order valence-electron chi connectivity index (χ0n) is 15.2. The van der Waals surface area contributed by atoms with E-state index in [0.717, 1.165) is 0 Å². The Morgan fingerprint density at radius 3 is 2.45 bits per heavy atom. The molecule has 3 aromatic rings. The Labute approximate surface area is 162 Å². The lowest BCUT2D eigenvalue weighted by molar-refractivity contribution is 0.312. The lowest BCUT2D eigenvalue weighted by Crippen LogP contribution is -2.07. The highest BCUT2D eigenvalue weighted by molar-refractivity contribution is 5.76. The van der Waals surface area contributed by atoms with Gasteiger partial charge in [0, 0.05) is 6.07 Å². The number of aromatic nitrogens is 3. The summed E-state index contributed by atoms with van der Waals surface area (Å²) >= 11 is 0. The van der Waals surface area contributed by atoms with E-state index in [1.807, 2.05) is 0 Å². The Kier molecular flexibility index (Phi) is 6.17. The highest BCUT2D eigenvalue weighted by atomic mass is 19.2. The monoisotopic (exact) mass is 411 g/mol. The first-order chi connectivity index (χ1) is 14.0. The lowest BCUT2D eigenvalue weighted by atomic mass is 10.1. The Bertz CT molecular complexity index is 986. The van der Waals surface area contributed by atoms with Gasteiger partial charge in [-0.3, -0.25) is 5.10 Å². The minimum absolute atomic E-state index is 0.0957. The minimum Gasteiger partial charge on any atom is -0.496 e. The van der Waals surface area contributed by atoms with Crippen LogP contribution in [0.4, 0.5) is 29.1 Å². The molecule has 0 unspecified atom stereocenters. The van der Waals surface area contributed by atoms with Crippen LogP contribution in [-0.4, -0.2) is 35.4 Å². The average molecular weight is 411 g/mol. The SMILES string of the molecule is COc1cccc(OCCCN)c1-c1cc(Nc2c(F)c(F)nc(F)c2F)n[nH]1. The van der Waals surface area contributed by atoms with E-state index in [2.05, 4.69) is 20.5 Å². The van der Waals surface area contributed by atoms with Crippen LogP contribution in [0.5, 0.6) is 11.5 Å². The molecule has 0 fully saturated rings. The molecule has 0 bridgehead atoms. The van der Waals surface area contributed by atoms with E-state index in [1.165, 1.54) is 13.2 Å². The number of aromatic amines is 1. The van der Waals surface area contributed by atoms with E-state index < -0.39 is 29.2 Å². The highest BCUT2D eigenvalue weighted by Crippen LogP contribution is 2.38. The van der Waals surface area contributed by atoms with Crippen LogP contribution in [0, 0.1) is 23.5 Å². The third kappa shape index (κ3) is 4.24. The summed E-state index contributed by atoms with van der Waals surface area (Å²) in [6, 6.07) is 6.49. The van der Waals surface area contributed by atoms with Crippen LogP contribution < -0.4 is 20.5 Å². The number of anilines is 2. The zero-order valence-corrected chi connectivity index (χ0v) is 15.2. The van der Waals surface area contributed by atoms with Gasteiger partial charge >= 0.3 is 0 Å². The van der Waals surface area contributed by atoms with Crippen molar-refractivity contribution in [1.29, 1.82) is 0 Å². The smallest absolute Gasteiger partial charge is 0.253 e. The van der Waals surface area contributed by atoms with Crippen molar-refractivity contribution in [2.75, 3.05) is 25.6 Å². The number of nitrogens with two attached hydrogens (primary N) is 1. The van der Waals surface area contributed by atoms with Gasteiger partial charge in [-0.15, -0.1) is 0 Å². The second kappa shape index (κ2) is 8.78. The van der Waals surface area contributed by atoms with Gasteiger partial charge in [-0.2, -0.15) is 27.6 Å². The van der Waals surface area contributed by atoms with Gasteiger partial charge in [0.1, 0.15) is 17.2 Å². The number of benzene rings is 1. The number of H-pyrrole nitrogens is 1. The Hall–Kier alpha value is -3.34. The number of halogens is 4. The quantitative estimate of drug-likeness (QED) is 0.298. The number of nitrogens with one attached hydrogen (secondary N) is 2. The molecule has 7 nitrogen and oxygen atoms in total. The van der Waals surface area contributed by atoms with Gasteiger partial charge in [-0.05, 0) is 25.1 Å². The number of methoxy groups -OCH3 is 1. The van der Waals surface area contributed by atoms with Gasteiger partial charge in [0.25, 0.3) is 11.9 Å². The van der Waals surface area contributed by atoms with Crippen molar-refractivity contribution in [1.82, 2.24) is 15.2 Å². The van der Waals surface area contributed by atoms with Gasteiger partial charge in [-0.25, -0.2) is 0 Å². The first-order valence-electron chi connectivity index (χ1n) is 8.49. The maximum Gasteiger partial charge on any atom is 0.253 e. The predicted molar refractivity (Wildman–Crippen MR) is 97.1 cm³/mol. The van der Waals surface area contributed by atoms with Crippen molar-refractivity contribution in [3.05, 3.63) is 47.8 Å². The fourth-order valence-electron chi connectivity index (χ4n) is 2.57. The van der Waals surface area contributed by atoms with Crippen LogP contribution in [-0.2, 0) is 0 Å². The molecule has 0 saturated heterocycles. The summed E-state index contributed by atoms with van der Waals surface area (Å²) in [6.45, 7) is 0.815. The van der Waals surface area contributed by atoms with Crippen molar-refractivity contribution in [2.24, 2.45) is 5.73 Å². The van der Waals surface area contributed by atoms with E-state index in [9.17, 15) is 17.6 Å². The van der Waals surface area contributed by atoms with Crippen LogP contribution in [0.25, 0.3) is 11.3 Å². The Balaban J connectivity index is 1.95. The normalized spacial score (nSPS) is 10.8. The molecule has 0 aliphatic carbocycles. The van der Waals surface area contributed by atoms with E-state index >= 15 is 0 Å². The number of rotatable bonds is 8. The molecule has 4 N–H and O–H groups in total. The second-order valence-corrected chi connectivity index (χ2v) is 5.81. The largest absolute Gasteiger partial charge is 0.496 e. The first kappa shape index (κ1) is 20.4. The number of hydrogen-bond donors (Lipinski definition) is 3. The number of nitrogens with zero attached hydrogens (tertiary/aromatic N) is 2. The van der Waals surface area contributed by atoms with Crippen LogP contribution in [0.2, 0.25) is 0 Å². The van der Waals surface area contributed by atoms with Gasteiger partial charge in [0.05, 0.1) is 25.0 Å². The van der Waals surface area contributed by atoms with E-state index in [-0.39, 0.29) is 5.82 Å². The van der Waals surface area contributed by atoms with Gasteiger partial charge in [-0.1, -0.05) is 6.07 Å². The van der Waals surface area contributed by atoms with Gasteiger partial charge in [0.15, 0.2) is 5.82 Å². The Morgan fingerprint density at radius 1 is 1.10 bits per heavy atom. The van der Waals surface area contributed by atoms with E-state index in [1.54, 1.807) is 18.2 Å². The van der Waals surface area contributed by atoms with Crippen molar-refractivity contribution < 1.29 is 27.0 Å². The predicted octanol–water partition coefficient (Wildman–Crippen LogP) is 3.51. The lowest BCUT2D eigenvalue weighted by Gasteiger charge is -2.13. The topological polar surface area (TPSA) is 98.1 Å². The molecular formula is C18H17F4N5O2. The Morgan fingerprint density at radius 2 is 1.79 bits per heavy atom. The average Bonchev–Trinajstić information content (AvgIpc) is 3.18. The third-order valence-electron chi connectivity index (χ3n) is 3.91. The van der Waals surface area contributed by atoms with Crippen LogP contribution >= 0.6 is 0 Å². The minimum atomic E-state index is -1.78. The molecule has 0 aliphatic rings. The molecule has 2 aromatic heterocycles. The maximum absolute atomic E-state index is 13.8. The standard InChI is InChI=1S/C18H17F4N5O2/c1-28-10-4-2-5-11(29-7-3-6-23)13(10)9-8-12(27-26-9)24-16-14(19)17(21)25-18(22)15(16)20/h2,4-5,8H,3,6-7,23H2,1H3,(H2,24,25,26,27). The van der Waals surface area contributed by atoms with Crippen LogP contribution in [0.15, 0.2) is 24.3 Å². The summed E-state index contributed by atoms with van der Waals surface area (Å²) in [7, 11) is 1.46. The summed E-state index contributed by atoms with van der Waals surface area (Å²) < 4.78 is 65.3. The molecule has 0 atom stereocenters. The van der Waals surface area contributed by atoms with Crippen molar-refractivity contribution in [3.63, 3.8) is 0 Å². The zero-order chi connectivity index (χ0) is 21.0. The summed E-state index contributed by atoms with van der Waals surface area (Å²) in [5.41, 5.74) is 5.30. The van der Waals surface area contributed by atoms with Crippen molar-refractivity contribution >= 4 is 11.5 Å². The fraction of sp³-hybridized carbons (Fsp3) is 0.222. The molecule has 0 aliphatic heterocycles. The molecule has 0 spiro atoms. The molecule has 0 saturated carbocycles. The van der Waals surface area contributed by atoms with Gasteiger partial charge in [0.2, 0.25) is 11.6 Å². The van der Waals surface area contributed by atoms with Gasteiger partial charge < -0.3 is 20.5 Å². The van der Waals surface area contributed by atoms with Crippen LogP contribution in [0.1, 0.15) is 6.42 Å². The van der Waals surface area contributed by atoms with E-state index in [0.29, 0.717) is 42.3 Å². The summed E-state index contributed by atoms with van der Waals surface area (Å²) in [5.74, 6) is -6.07. The summed E-state index contributed by atoms with van der Waals surface area (Å²) in [5, 5.41) is 8.76. The first-order valence-corrected chi connectivity index (χ1v) is 8.49. The van der Waals surface area contributed by atoms with Crippen molar-refractivity contribution in [3.8, 4) is 22.8 Å². The number of ether oxygens (including phenoxy) is 2. The molecule has 3 rings (SSSR count). The second-order valence-electron chi connectivity index (χ2n) is 5.81. The molecule has 29 heavy (non-hydrogen) atoms. The summed E-state index contributed by atoms with van der Waals surface area (Å²) in [6.07, 6.45) is 0.629. The molecule has 2 heterocycles. The number of hydrogen-bond acceptors (Lipinski definition) is 6. The molecule has 154 valence electrons. The number of pyridine rings is 1. The molecular weight excluding hydrogens is 394 g/mol. The highest BCUT2D eigenvalue weighted by Gasteiger charge is 2.22. The molecule has 11 heteroatoms. The third-order valence-corrected chi connectivity index (χ3v) is 3.91. The van der Waals surface area contributed by atoms with E-state index in [4.69, 9.17) is 15.2 Å². The molecule has 1 aromatic carbocycles. The van der Waals surface area contributed by atoms with Crippen molar-refractivity contribution in [2.45, 2.75) is 6.42 Å². The maximum atomic E-state index is 13.8. The molecule has 0 amide bonds. The van der Waals surface area contributed by atoms with Crippen LogP contribution in [0.3, 0.4) is 0 Å². The fourth-order valence-corrected chi connectivity index (χ4v) is 2.57. The summed E-state index contributed by atoms with van der Waals surface area (Å²) in [4.78, 5) is 2.50. The molecule has 0 radical (unpaired) electrons.